The summed E-state index contributed by atoms with van der Waals surface area (Å²) in [7, 11) is 0. The highest BCUT2D eigenvalue weighted by atomic mass is 16.1. The van der Waals surface area contributed by atoms with Gasteiger partial charge in [-0.05, 0) is 38.4 Å². The minimum atomic E-state index is -0.410. The highest BCUT2D eigenvalue weighted by Crippen LogP contribution is 2.17. The van der Waals surface area contributed by atoms with Crippen molar-refractivity contribution < 1.29 is 9.59 Å². The molecule has 0 aromatic heterocycles. The summed E-state index contributed by atoms with van der Waals surface area (Å²) in [6.45, 7) is 8.77. The molecule has 0 unspecified atom stereocenters. The van der Waals surface area contributed by atoms with Gasteiger partial charge < -0.3 is 5.73 Å². The molecule has 4 heteroatoms. The number of carbonyl (C=O) groups excluding carboxylic acids is 2. The van der Waals surface area contributed by atoms with Crippen LogP contribution in [-0.4, -0.2) is 36.2 Å². The number of rotatable bonds is 6. The van der Waals surface area contributed by atoms with Crippen LogP contribution in [0.2, 0.25) is 0 Å². The van der Waals surface area contributed by atoms with Crippen molar-refractivity contribution in [2.24, 2.45) is 5.73 Å². The van der Waals surface area contributed by atoms with Crippen molar-refractivity contribution in [1.82, 2.24) is 4.90 Å². The summed E-state index contributed by atoms with van der Waals surface area (Å²) in [4.78, 5) is 25.0. The van der Waals surface area contributed by atoms with Crippen molar-refractivity contribution in [2.75, 3.05) is 19.6 Å². The van der Waals surface area contributed by atoms with Gasteiger partial charge in [-0.1, -0.05) is 24.6 Å². The molecular weight excluding hydrogens is 240 g/mol. The molecule has 0 heterocycles. The Morgan fingerprint density at radius 2 is 1.63 bits per heavy atom. The predicted octanol–water partition coefficient (Wildman–Crippen LogP) is 1.60. The molecule has 0 saturated carbocycles. The van der Waals surface area contributed by atoms with Crippen LogP contribution in [0.15, 0.2) is 12.1 Å². The Labute approximate surface area is 114 Å². The summed E-state index contributed by atoms with van der Waals surface area (Å²) in [5.41, 5.74) is 9.05. The van der Waals surface area contributed by atoms with E-state index in [0.29, 0.717) is 6.54 Å². The highest BCUT2D eigenvalue weighted by Gasteiger charge is 2.16. The molecule has 0 spiro atoms. The van der Waals surface area contributed by atoms with E-state index in [0.717, 1.165) is 22.3 Å². The second-order valence-electron chi connectivity index (χ2n) is 4.97. The Bertz CT molecular complexity index is 472. The summed E-state index contributed by atoms with van der Waals surface area (Å²) in [5.74, 6) is -0.370. The lowest BCUT2D eigenvalue weighted by Crippen LogP contribution is -2.37. The van der Waals surface area contributed by atoms with Crippen LogP contribution < -0.4 is 5.73 Å². The van der Waals surface area contributed by atoms with Crippen LogP contribution in [0, 0.1) is 20.8 Å². The van der Waals surface area contributed by atoms with Crippen LogP contribution in [0.5, 0.6) is 0 Å². The molecule has 0 radical (unpaired) electrons. The molecule has 19 heavy (non-hydrogen) atoms. The summed E-state index contributed by atoms with van der Waals surface area (Å²) in [6, 6.07) is 4.01. The van der Waals surface area contributed by atoms with E-state index in [-0.39, 0.29) is 18.9 Å². The fourth-order valence-electron chi connectivity index (χ4n) is 2.40. The van der Waals surface area contributed by atoms with E-state index in [4.69, 9.17) is 5.73 Å². The van der Waals surface area contributed by atoms with Gasteiger partial charge in [0, 0.05) is 5.56 Å². The molecule has 1 aromatic carbocycles. The predicted molar refractivity (Wildman–Crippen MR) is 76.3 cm³/mol. The second kappa shape index (κ2) is 6.48. The second-order valence-corrected chi connectivity index (χ2v) is 4.97. The molecule has 104 valence electrons. The van der Waals surface area contributed by atoms with E-state index in [1.165, 1.54) is 0 Å². The van der Waals surface area contributed by atoms with Crippen molar-refractivity contribution >= 4 is 11.7 Å². The zero-order chi connectivity index (χ0) is 14.6. The summed E-state index contributed by atoms with van der Waals surface area (Å²) in [6.07, 6.45) is 0. The van der Waals surface area contributed by atoms with Crippen molar-refractivity contribution in [3.05, 3.63) is 34.4 Å². The van der Waals surface area contributed by atoms with Gasteiger partial charge >= 0.3 is 0 Å². The number of benzene rings is 1. The van der Waals surface area contributed by atoms with Gasteiger partial charge in [-0.25, -0.2) is 0 Å². The van der Waals surface area contributed by atoms with Crippen LogP contribution in [0.25, 0.3) is 0 Å². The number of hydrogen-bond donors (Lipinski definition) is 1. The first-order chi connectivity index (χ1) is 8.85. The van der Waals surface area contributed by atoms with Crippen molar-refractivity contribution in [2.45, 2.75) is 27.7 Å². The van der Waals surface area contributed by atoms with Gasteiger partial charge in [0.2, 0.25) is 5.91 Å². The van der Waals surface area contributed by atoms with Gasteiger partial charge in [0.15, 0.2) is 5.78 Å². The SMILES string of the molecule is CCN(CC(N)=O)CC(=O)c1c(C)cc(C)cc1C. The van der Waals surface area contributed by atoms with Crippen LogP contribution in [-0.2, 0) is 4.79 Å². The molecule has 0 atom stereocenters. The third kappa shape index (κ3) is 4.17. The zero-order valence-electron chi connectivity index (χ0n) is 12.1. The smallest absolute Gasteiger partial charge is 0.231 e. The largest absolute Gasteiger partial charge is 0.369 e. The summed E-state index contributed by atoms with van der Waals surface area (Å²) in [5, 5.41) is 0. The lowest BCUT2D eigenvalue weighted by atomic mass is 9.96. The van der Waals surface area contributed by atoms with Gasteiger partial charge in [0.05, 0.1) is 13.1 Å². The Hall–Kier alpha value is -1.68. The number of amides is 1. The molecule has 0 fully saturated rings. The molecule has 0 aliphatic carbocycles. The molecular formula is C15H22N2O2. The van der Waals surface area contributed by atoms with Crippen LogP contribution in [0.4, 0.5) is 0 Å². The molecule has 0 aliphatic rings. The zero-order valence-corrected chi connectivity index (χ0v) is 12.1. The Kier molecular flexibility index (Phi) is 5.24. The number of nitrogens with two attached hydrogens (primary N) is 1. The lowest BCUT2D eigenvalue weighted by molar-refractivity contribution is -0.118. The van der Waals surface area contributed by atoms with Gasteiger partial charge in [-0.2, -0.15) is 0 Å². The maximum absolute atomic E-state index is 12.4. The molecule has 2 N–H and O–H groups in total. The number of likely N-dealkylation sites (N-methyl/N-ethyl adjacent to an activating group) is 1. The quantitative estimate of drug-likeness (QED) is 0.792. The average Bonchev–Trinajstić information content (AvgIpc) is 2.25. The van der Waals surface area contributed by atoms with Crippen LogP contribution in [0.1, 0.15) is 34.0 Å². The minimum absolute atomic E-state index is 0.0399. The number of ketones is 1. The normalized spacial score (nSPS) is 10.8. The number of aryl methyl sites for hydroxylation is 3. The number of carbonyl (C=O) groups is 2. The van der Waals surface area contributed by atoms with Crippen molar-refractivity contribution in [3.8, 4) is 0 Å². The average molecular weight is 262 g/mol. The lowest BCUT2D eigenvalue weighted by Gasteiger charge is -2.19. The Balaban J connectivity index is 2.92. The monoisotopic (exact) mass is 262 g/mol. The summed E-state index contributed by atoms with van der Waals surface area (Å²) >= 11 is 0. The van der Waals surface area contributed by atoms with Crippen LogP contribution in [0.3, 0.4) is 0 Å². The van der Waals surface area contributed by atoms with Crippen LogP contribution >= 0.6 is 0 Å². The highest BCUT2D eigenvalue weighted by molar-refractivity contribution is 6.00. The van der Waals surface area contributed by atoms with Gasteiger partial charge in [-0.3, -0.25) is 14.5 Å². The third-order valence-corrected chi connectivity index (χ3v) is 3.15. The van der Waals surface area contributed by atoms with E-state index in [2.05, 4.69) is 0 Å². The van der Waals surface area contributed by atoms with Gasteiger partial charge in [0.1, 0.15) is 0 Å². The molecule has 1 aromatic rings. The standard InChI is InChI=1S/C15H22N2O2/c1-5-17(9-14(16)19)8-13(18)15-11(3)6-10(2)7-12(15)4/h6-7H,5,8-9H2,1-4H3,(H2,16,19). The molecule has 1 amide bonds. The topological polar surface area (TPSA) is 63.4 Å². The summed E-state index contributed by atoms with van der Waals surface area (Å²) < 4.78 is 0. The number of Topliss-reactive ketones (excluding diaryl/α,β-unsaturated/α-hetero) is 1. The van der Waals surface area contributed by atoms with Crippen molar-refractivity contribution in [3.63, 3.8) is 0 Å². The Morgan fingerprint density at radius 3 is 2.05 bits per heavy atom. The first kappa shape index (κ1) is 15.4. The van der Waals surface area contributed by atoms with Gasteiger partial charge in [-0.15, -0.1) is 0 Å². The molecule has 0 aliphatic heterocycles. The fraction of sp³-hybridized carbons (Fsp3) is 0.467. The minimum Gasteiger partial charge on any atom is -0.369 e. The third-order valence-electron chi connectivity index (χ3n) is 3.15. The van der Waals surface area contributed by atoms with E-state index in [9.17, 15) is 9.59 Å². The van der Waals surface area contributed by atoms with Crippen molar-refractivity contribution in [1.29, 1.82) is 0 Å². The number of primary amides is 1. The van der Waals surface area contributed by atoms with E-state index in [1.807, 2.05) is 39.8 Å². The molecule has 0 saturated heterocycles. The fourth-order valence-corrected chi connectivity index (χ4v) is 2.40. The van der Waals surface area contributed by atoms with E-state index >= 15 is 0 Å². The Morgan fingerprint density at radius 1 is 1.11 bits per heavy atom. The maximum atomic E-state index is 12.4. The molecule has 0 bridgehead atoms. The molecule has 1 rings (SSSR count). The number of hydrogen-bond acceptors (Lipinski definition) is 3. The maximum Gasteiger partial charge on any atom is 0.231 e. The van der Waals surface area contributed by atoms with E-state index < -0.39 is 5.91 Å². The molecule has 4 nitrogen and oxygen atoms in total. The van der Waals surface area contributed by atoms with E-state index in [1.54, 1.807) is 4.90 Å². The first-order valence-corrected chi connectivity index (χ1v) is 6.46. The number of nitrogens with zero attached hydrogens (tertiary/aromatic N) is 1. The first-order valence-electron chi connectivity index (χ1n) is 6.46. The van der Waals surface area contributed by atoms with Gasteiger partial charge in [0.25, 0.3) is 0 Å².